The Hall–Kier alpha value is -1.92. The smallest absolute Gasteiger partial charge is 0.326 e. The molecule has 0 spiro atoms. The summed E-state index contributed by atoms with van der Waals surface area (Å²) in [4.78, 5) is 23.3. The van der Waals surface area contributed by atoms with Crippen LogP contribution in [0.2, 0.25) is 0 Å². The van der Waals surface area contributed by atoms with Gasteiger partial charge in [-0.15, -0.1) is 0 Å². The summed E-state index contributed by atoms with van der Waals surface area (Å²) in [6.45, 7) is 0.569. The molecule has 4 N–H and O–H groups in total. The first-order chi connectivity index (χ1) is 9.58. The van der Waals surface area contributed by atoms with Crippen molar-refractivity contribution in [2.75, 3.05) is 13.2 Å². The highest BCUT2D eigenvalue weighted by Gasteiger charge is 2.33. The normalized spacial score (nSPS) is 23.2. The van der Waals surface area contributed by atoms with Crippen LogP contribution in [0.15, 0.2) is 30.3 Å². The fourth-order valence-corrected chi connectivity index (χ4v) is 2.17. The molecular weight excluding hydrogens is 260 g/mol. The number of rotatable bonds is 5. The first kappa shape index (κ1) is 14.5. The van der Waals surface area contributed by atoms with E-state index >= 15 is 0 Å². The monoisotopic (exact) mass is 278 g/mol. The van der Waals surface area contributed by atoms with Crippen LogP contribution in [0.5, 0.6) is 0 Å². The lowest BCUT2D eigenvalue weighted by molar-refractivity contribution is -0.142. The molecule has 1 amide bonds. The van der Waals surface area contributed by atoms with Crippen molar-refractivity contribution >= 4 is 11.9 Å². The number of carboxylic acid groups (broad SMARTS) is 1. The first-order valence-electron chi connectivity index (χ1n) is 6.48. The Morgan fingerprint density at radius 2 is 2.05 bits per heavy atom. The SMILES string of the molecule is NC1COCC1C(=O)N[C@@H](Cc1ccccc1)C(=O)O. The van der Waals surface area contributed by atoms with Gasteiger partial charge in [0, 0.05) is 12.5 Å². The van der Waals surface area contributed by atoms with Gasteiger partial charge >= 0.3 is 5.97 Å². The summed E-state index contributed by atoms with van der Waals surface area (Å²) >= 11 is 0. The molecule has 0 radical (unpaired) electrons. The molecule has 1 aromatic rings. The van der Waals surface area contributed by atoms with Gasteiger partial charge in [-0.25, -0.2) is 4.79 Å². The number of hydrogen-bond donors (Lipinski definition) is 3. The Labute approximate surface area is 116 Å². The fraction of sp³-hybridized carbons (Fsp3) is 0.429. The van der Waals surface area contributed by atoms with Gasteiger partial charge in [0.15, 0.2) is 0 Å². The summed E-state index contributed by atoms with van der Waals surface area (Å²) in [5.74, 6) is -1.90. The summed E-state index contributed by atoms with van der Waals surface area (Å²) < 4.78 is 5.12. The first-order valence-corrected chi connectivity index (χ1v) is 6.48. The Morgan fingerprint density at radius 1 is 1.35 bits per heavy atom. The van der Waals surface area contributed by atoms with Crippen LogP contribution in [0.4, 0.5) is 0 Å². The number of carbonyl (C=O) groups excluding carboxylic acids is 1. The van der Waals surface area contributed by atoms with Crippen molar-refractivity contribution in [3.63, 3.8) is 0 Å². The molecule has 20 heavy (non-hydrogen) atoms. The zero-order valence-electron chi connectivity index (χ0n) is 11.0. The summed E-state index contributed by atoms with van der Waals surface area (Å²) in [6, 6.07) is 7.83. The van der Waals surface area contributed by atoms with Crippen molar-refractivity contribution in [2.24, 2.45) is 11.7 Å². The molecule has 0 saturated carbocycles. The number of carbonyl (C=O) groups is 2. The van der Waals surface area contributed by atoms with Gasteiger partial charge in [0.05, 0.1) is 19.1 Å². The maximum Gasteiger partial charge on any atom is 0.326 e. The van der Waals surface area contributed by atoms with Crippen molar-refractivity contribution in [2.45, 2.75) is 18.5 Å². The molecule has 1 heterocycles. The molecule has 2 rings (SSSR count). The van der Waals surface area contributed by atoms with Crippen LogP contribution in [0.3, 0.4) is 0 Å². The number of ether oxygens (including phenoxy) is 1. The van der Waals surface area contributed by atoms with E-state index in [-0.39, 0.29) is 25.0 Å². The third-order valence-corrected chi connectivity index (χ3v) is 3.36. The van der Waals surface area contributed by atoms with E-state index in [1.54, 1.807) is 0 Å². The van der Waals surface area contributed by atoms with E-state index < -0.39 is 17.9 Å². The summed E-state index contributed by atoms with van der Waals surface area (Å²) in [6.07, 6.45) is 0.241. The zero-order chi connectivity index (χ0) is 14.5. The molecule has 1 aliphatic heterocycles. The van der Waals surface area contributed by atoms with Gasteiger partial charge in [0.25, 0.3) is 0 Å². The van der Waals surface area contributed by atoms with Crippen molar-refractivity contribution in [1.29, 1.82) is 0 Å². The second kappa shape index (κ2) is 6.49. The average Bonchev–Trinajstić information content (AvgIpc) is 2.85. The quantitative estimate of drug-likeness (QED) is 0.690. The molecule has 1 fully saturated rings. The average molecular weight is 278 g/mol. The van der Waals surface area contributed by atoms with Crippen LogP contribution in [-0.4, -0.2) is 42.3 Å². The van der Waals surface area contributed by atoms with Crippen molar-refractivity contribution in [3.05, 3.63) is 35.9 Å². The molecular formula is C14H18N2O4. The minimum Gasteiger partial charge on any atom is -0.480 e. The molecule has 6 nitrogen and oxygen atoms in total. The van der Waals surface area contributed by atoms with Gasteiger partial charge in [-0.1, -0.05) is 30.3 Å². The predicted molar refractivity (Wildman–Crippen MR) is 72.0 cm³/mol. The molecule has 0 aromatic heterocycles. The minimum atomic E-state index is -1.06. The molecule has 2 unspecified atom stereocenters. The highest BCUT2D eigenvalue weighted by molar-refractivity contribution is 5.85. The zero-order valence-corrected chi connectivity index (χ0v) is 11.0. The maximum atomic E-state index is 12.0. The maximum absolute atomic E-state index is 12.0. The van der Waals surface area contributed by atoms with E-state index in [0.29, 0.717) is 6.61 Å². The van der Waals surface area contributed by atoms with E-state index in [1.807, 2.05) is 30.3 Å². The van der Waals surface area contributed by atoms with Crippen LogP contribution < -0.4 is 11.1 Å². The second-order valence-corrected chi connectivity index (χ2v) is 4.90. The Kier molecular flexibility index (Phi) is 4.70. The number of aliphatic carboxylic acids is 1. The summed E-state index contributed by atoms with van der Waals surface area (Å²) in [7, 11) is 0. The lowest BCUT2D eigenvalue weighted by Gasteiger charge is -2.18. The van der Waals surface area contributed by atoms with Crippen molar-refractivity contribution in [3.8, 4) is 0 Å². The van der Waals surface area contributed by atoms with Crippen molar-refractivity contribution in [1.82, 2.24) is 5.32 Å². The van der Waals surface area contributed by atoms with Crippen LogP contribution >= 0.6 is 0 Å². The Balaban J connectivity index is 1.99. The molecule has 1 aliphatic rings. The molecule has 6 heteroatoms. The van der Waals surface area contributed by atoms with Crippen molar-refractivity contribution < 1.29 is 19.4 Å². The number of nitrogens with one attached hydrogen (secondary N) is 1. The number of nitrogens with two attached hydrogens (primary N) is 1. The van der Waals surface area contributed by atoms with E-state index in [9.17, 15) is 14.7 Å². The molecule has 1 saturated heterocycles. The molecule has 108 valence electrons. The molecule has 0 aliphatic carbocycles. The van der Waals surface area contributed by atoms with Crippen LogP contribution in [0.1, 0.15) is 5.56 Å². The van der Waals surface area contributed by atoms with Gasteiger partial charge in [-0.2, -0.15) is 0 Å². The van der Waals surface area contributed by atoms with Crippen LogP contribution in [0, 0.1) is 5.92 Å². The van der Waals surface area contributed by atoms with E-state index in [4.69, 9.17) is 10.5 Å². The van der Waals surface area contributed by atoms with Gasteiger partial charge in [0.2, 0.25) is 5.91 Å². The van der Waals surface area contributed by atoms with E-state index in [1.165, 1.54) is 0 Å². The van der Waals surface area contributed by atoms with E-state index in [0.717, 1.165) is 5.56 Å². The predicted octanol–water partition coefficient (Wildman–Crippen LogP) is -0.228. The number of hydrogen-bond acceptors (Lipinski definition) is 4. The topological polar surface area (TPSA) is 102 Å². The van der Waals surface area contributed by atoms with E-state index in [2.05, 4.69) is 5.32 Å². The third kappa shape index (κ3) is 3.55. The summed E-state index contributed by atoms with van der Waals surface area (Å²) in [5, 5.41) is 11.8. The van der Waals surface area contributed by atoms with Gasteiger partial charge in [-0.05, 0) is 5.56 Å². The lowest BCUT2D eigenvalue weighted by atomic mass is 10.0. The number of amides is 1. The van der Waals surface area contributed by atoms with Gasteiger partial charge in [0.1, 0.15) is 6.04 Å². The second-order valence-electron chi connectivity index (χ2n) is 4.90. The number of carboxylic acids is 1. The third-order valence-electron chi connectivity index (χ3n) is 3.36. The standard InChI is InChI=1S/C14H18N2O4/c15-11-8-20-7-10(11)13(17)16-12(14(18)19)6-9-4-2-1-3-5-9/h1-5,10-12H,6-8,15H2,(H,16,17)(H,18,19)/t10?,11?,12-/m0/s1. The van der Waals surface area contributed by atoms with Crippen LogP contribution in [0.25, 0.3) is 0 Å². The summed E-state index contributed by atoms with van der Waals surface area (Å²) in [5.41, 5.74) is 6.60. The highest BCUT2D eigenvalue weighted by atomic mass is 16.5. The Morgan fingerprint density at radius 3 is 2.60 bits per heavy atom. The highest BCUT2D eigenvalue weighted by Crippen LogP contribution is 2.12. The number of benzene rings is 1. The molecule has 1 aromatic carbocycles. The fourth-order valence-electron chi connectivity index (χ4n) is 2.17. The minimum absolute atomic E-state index is 0.241. The molecule has 3 atom stereocenters. The Bertz CT molecular complexity index is 477. The molecule has 0 bridgehead atoms. The lowest BCUT2D eigenvalue weighted by Crippen LogP contribution is -2.48. The largest absolute Gasteiger partial charge is 0.480 e. The van der Waals surface area contributed by atoms with Gasteiger partial charge < -0.3 is 20.9 Å². The van der Waals surface area contributed by atoms with Gasteiger partial charge in [-0.3, -0.25) is 4.79 Å². The van der Waals surface area contributed by atoms with Crippen LogP contribution in [-0.2, 0) is 20.7 Å².